The van der Waals surface area contributed by atoms with Gasteiger partial charge in [-0.3, -0.25) is 0 Å². The summed E-state index contributed by atoms with van der Waals surface area (Å²) in [6, 6.07) is 12.5. The number of nitrogens with zero attached hydrogens (tertiary/aromatic N) is 4. The van der Waals surface area contributed by atoms with Crippen LogP contribution in [0.25, 0.3) is 5.65 Å². The molecule has 3 rings (SSSR count). The first-order valence-electron chi connectivity index (χ1n) is 7.50. The van der Waals surface area contributed by atoms with E-state index in [9.17, 15) is 13.9 Å². The lowest BCUT2D eigenvalue weighted by Crippen LogP contribution is -2.24. The second-order valence-corrected chi connectivity index (χ2v) is 5.66. The molecule has 1 aromatic carbocycles. The highest BCUT2D eigenvalue weighted by molar-refractivity contribution is 5.44. The normalized spacial score (nSPS) is 14.0. The number of hydrogen-bond donors (Lipinski definition) is 2. The lowest BCUT2D eigenvalue weighted by molar-refractivity contribution is 0.0515. The molecular weight excluding hydrogens is 316 g/mol. The Bertz CT molecular complexity index is 820. The maximum Gasteiger partial charge on any atom is 0.299 e. The number of alkyl halides is 2. The summed E-state index contributed by atoms with van der Waals surface area (Å²) in [5.41, 5.74) is 0.0735. The van der Waals surface area contributed by atoms with Gasteiger partial charge >= 0.3 is 0 Å². The minimum Gasteiger partial charge on any atom is -0.385 e. The van der Waals surface area contributed by atoms with Gasteiger partial charge in [-0.1, -0.05) is 30.3 Å². The van der Waals surface area contributed by atoms with Crippen molar-refractivity contribution >= 4 is 11.5 Å². The number of aliphatic hydroxyl groups is 1. The van der Waals surface area contributed by atoms with E-state index >= 15 is 0 Å². The van der Waals surface area contributed by atoms with Gasteiger partial charge in [-0.25, -0.2) is 8.78 Å². The minimum atomic E-state index is -2.75. The van der Waals surface area contributed by atoms with Crippen LogP contribution in [0.2, 0.25) is 0 Å². The zero-order valence-electron chi connectivity index (χ0n) is 13.0. The summed E-state index contributed by atoms with van der Waals surface area (Å²) in [4.78, 5) is 0. The number of rotatable bonds is 6. The van der Waals surface area contributed by atoms with Crippen molar-refractivity contribution in [3.63, 3.8) is 0 Å². The first kappa shape index (κ1) is 16.3. The average Bonchev–Trinajstić information content (AvgIpc) is 2.99. The Morgan fingerprint density at radius 3 is 2.62 bits per heavy atom. The topological polar surface area (TPSA) is 75.3 Å². The molecule has 1 atom stereocenters. The molecule has 2 heterocycles. The van der Waals surface area contributed by atoms with E-state index < -0.39 is 17.9 Å². The van der Waals surface area contributed by atoms with E-state index in [4.69, 9.17) is 0 Å². The molecule has 0 aliphatic rings. The molecule has 0 aliphatic carbocycles. The molecule has 3 aromatic rings. The van der Waals surface area contributed by atoms with Gasteiger partial charge in [0.25, 0.3) is 6.43 Å². The van der Waals surface area contributed by atoms with Gasteiger partial charge in [-0.2, -0.15) is 4.52 Å². The summed E-state index contributed by atoms with van der Waals surface area (Å²) in [6.45, 7) is 2.15. The highest BCUT2D eigenvalue weighted by Gasteiger charge is 2.22. The number of hydrogen-bond acceptors (Lipinski definition) is 5. The van der Waals surface area contributed by atoms with Crippen LogP contribution in [0.1, 0.15) is 31.2 Å². The fourth-order valence-corrected chi connectivity index (χ4v) is 2.41. The first-order valence-corrected chi connectivity index (χ1v) is 7.50. The molecule has 0 fully saturated rings. The number of anilines is 1. The molecule has 6 nitrogen and oxygen atoms in total. The third-order valence-electron chi connectivity index (χ3n) is 3.80. The van der Waals surface area contributed by atoms with Crippen molar-refractivity contribution in [1.29, 1.82) is 0 Å². The van der Waals surface area contributed by atoms with Gasteiger partial charge in [0.05, 0.1) is 5.60 Å². The fourth-order valence-electron chi connectivity index (χ4n) is 2.41. The van der Waals surface area contributed by atoms with Crippen LogP contribution in [0.3, 0.4) is 0 Å². The monoisotopic (exact) mass is 333 g/mol. The van der Waals surface area contributed by atoms with Crippen LogP contribution in [0.15, 0.2) is 42.5 Å². The fraction of sp³-hybridized carbons (Fsp3) is 0.312. The van der Waals surface area contributed by atoms with E-state index in [-0.39, 0.29) is 5.65 Å². The third-order valence-corrected chi connectivity index (χ3v) is 3.80. The molecule has 0 saturated carbocycles. The molecule has 0 spiro atoms. The largest absolute Gasteiger partial charge is 0.385 e. The summed E-state index contributed by atoms with van der Waals surface area (Å²) in [5, 5.41) is 24.7. The van der Waals surface area contributed by atoms with Gasteiger partial charge in [-0.05, 0) is 31.0 Å². The van der Waals surface area contributed by atoms with E-state index in [1.807, 2.05) is 30.3 Å². The molecule has 0 saturated heterocycles. The average molecular weight is 333 g/mol. The number of halogens is 2. The molecule has 2 N–H and O–H groups in total. The number of aromatic nitrogens is 4. The summed E-state index contributed by atoms with van der Waals surface area (Å²) >= 11 is 0. The zero-order valence-corrected chi connectivity index (χ0v) is 13.0. The van der Waals surface area contributed by atoms with Crippen LogP contribution in [0, 0.1) is 0 Å². The first-order chi connectivity index (χ1) is 11.5. The lowest BCUT2D eigenvalue weighted by Gasteiger charge is -2.24. The Hall–Kier alpha value is -2.61. The maximum absolute atomic E-state index is 12.8. The molecule has 0 bridgehead atoms. The van der Waals surface area contributed by atoms with E-state index in [0.29, 0.717) is 18.8 Å². The molecule has 8 heteroatoms. The second kappa shape index (κ2) is 6.48. The molecule has 2 aromatic heterocycles. The van der Waals surface area contributed by atoms with Gasteiger partial charge < -0.3 is 10.4 Å². The van der Waals surface area contributed by atoms with Crippen molar-refractivity contribution in [2.24, 2.45) is 0 Å². The minimum absolute atomic E-state index is 0.257. The number of fused-ring (bicyclic) bond motifs is 1. The van der Waals surface area contributed by atoms with Gasteiger partial charge in [-0.15, -0.1) is 15.3 Å². The molecule has 0 radical (unpaired) electrons. The highest BCUT2D eigenvalue weighted by atomic mass is 19.3. The molecule has 24 heavy (non-hydrogen) atoms. The van der Waals surface area contributed by atoms with Crippen molar-refractivity contribution in [2.45, 2.75) is 25.4 Å². The van der Waals surface area contributed by atoms with Crippen molar-refractivity contribution < 1.29 is 13.9 Å². The Labute approximate surface area is 137 Å². The summed E-state index contributed by atoms with van der Waals surface area (Å²) in [7, 11) is 0. The summed E-state index contributed by atoms with van der Waals surface area (Å²) in [6.07, 6.45) is -2.32. The van der Waals surface area contributed by atoms with Crippen molar-refractivity contribution in [3.8, 4) is 0 Å². The quantitative estimate of drug-likeness (QED) is 0.725. The molecular formula is C16H17F2N5O. The summed E-state index contributed by atoms with van der Waals surface area (Å²) < 4.78 is 26.7. The van der Waals surface area contributed by atoms with Gasteiger partial charge in [0.1, 0.15) is 5.82 Å². The smallest absolute Gasteiger partial charge is 0.299 e. The van der Waals surface area contributed by atoms with Crippen molar-refractivity contribution in [1.82, 2.24) is 19.8 Å². The number of nitrogens with one attached hydrogen (secondary N) is 1. The van der Waals surface area contributed by atoms with Gasteiger partial charge in [0.2, 0.25) is 5.82 Å². The SMILES string of the molecule is CC(O)(CCNc1ccc2nnc(C(F)F)n2n1)c1ccccc1. The predicted octanol–water partition coefficient (Wildman–Crippen LogP) is 2.77. The van der Waals surface area contributed by atoms with Gasteiger partial charge in [0.15, 0.2) is 5.65 Å². The lowest BCUT2D eigenvalue weighted by atomic mass is 9.93. The Kier molecular flexibility index (Phi) is 4.39. The number of benzene rings is 1. The Morgan fingerprint density at radius 1 is 1.17 bits per heavy atom. The Morgan fingerprint density at radius 2 is 1.92 bits per heavy atom. The van der Waals surface area contributed by atoms with Crippen molar-refractivity contribution in [2.75, 3.05) is 11.9 Å². The standard InChI is InChI=1S/C16H17F2N5O/c1-16(24,11-5-3-2-4-6-11)9-10-19-12-7-8-13-20-21-15(14(17)18)23(13)22-12/h2-8,14,24H,9-10H2,1H3,(H,19,22). The van der Waals surface area contributed by atoms with Crippen LogP contribution in [0.4, 0.5) is 14.6 Å². The third kappa shape index (κ3) is 3.33. The van der Waals surface area contributed by atoms with E-state index in [2.05, 4.69) is 20.6 Å². The van der Waals surface area contributed by atoms with E-state index in [0.717, 1.165) is 10.1 Å². The van der Waals surface area contributed by atoms with Crippen LogP contribution in [-0.4, -0.2) is 31.5 Å². The van der Waals surface area contributed by atoms with Crippen LogP contribution in [-0.2, 0) is 5.60 Å². The predicted molar refractivity (Wildman–Crippen MR) is 84.9 cm³/mol. The van der Waals surface area contributed by atoms with Crippen molar-refractivity contribution in [3.05, 3.63) is 53.9 Å². The highest BCUT2D eigenvalue weighted by Crippen LogP contribution is 2.24. The van der Waals surface area contributed by atoms with Crippen LogP contribution < -0.4 is 5.32 Å². The van der Waals surface area contributed by atoms with E-state index in [1.54, 1.807) is 19.1 Å². The second-order valence-electron chi connectivity index (χ2n) is 5.66. The molecule has 0 amide bonds. The molecule has 126 valence electrons. The van der Waals surface area contributed by atoms with Crippen LogP contribution >= 0.6 is 0 Å². The van der Waals surface area contributed by atoms with E-state index in [1.165, 1.54) is 0 Å². The summed E-state index contributed by atoms with van der Waals surface area (Å²) in [5.74, 6) is -0.0852. The zero-order chi connectivity index (χ0) is 17.2. The van der Waals surface area contributed by atoms with Gasteiger partial charge in [0, 0.05) is 6.54 Å². The van der Waals surface area contributed by atoms with Crippen LogP contribution in [0.5, 0.6) is 0 Å². The maximum atomic E-state index is 12.8. The molecule has 1 unspecified atom stereocenters. The molecule has 0 aliphatic heterocycles. The Balaban J connectivity index is 1.68.